The molecule has 0 spiro atoms. The molecule has 0 saturated heterocycles. The molecule has 1 aromatic rings. The number of rotatable bonds is 6. The summed E-state index contributed by atoms with van der Waals surface area (Å²) in [7, 11) is 3.03. The molecule has 0 unspecified atom stereocenters. The summed E-state index contributed by atoms with van der Waals surface area (Å²) in [6, 6.07) is 4.90. The van der Waals surface area contributed by atoms with E-state index in [2.05, 4.69) is 0 Å². The topological polar surface area (TPSA) is 52.6 Å². The highest BCUT2D eigenvalue weighted by Crippen LogP contribution is 2.23. The second-order valence-electron chi connectivity index (χ2n) is 4.32. The zero-order chi connectivity index (χ0) is 13.7. The van der Waals surface area contributed by atoms with E-state index in [1.165, 1.54) is 14.2 Å². The van der Waals surface area contributed by atoms with E-state index in [-0.39, 0.29) is 23.9 Å². The molecule has 0 heterocycles. The van der Waals surface area contributed by atoms with Gasteiger partial charge in [-0.25, -0.2) is 0 Å². The SMILES string of the molecule is COc1cc(OC)cc(C(=O)CC(=O)C(C)C)c1. The molecule has 0 saturated carbocycles. The van der Waals surface area contributed by atoms with Crippen LogP contribution < -0.4 is 9.47 Å². The fourth-order valence-corrected chi connectivity index (χ4v) is 1.43. The van der Waals surface area contributed by atoms with Crippen LogP contribution in [0.2, 0.25) is 0 Å². The fourth-order valence-electron chi connectivity index (χ4n) is 1.43. The fraction of sp³-hybridized carbons (Fsp3) is 0.429. The van der Waals surface area contributed by atoms with Crippen LogP contribution in [-0.2, 0) is 4.79 Å². The number of methoxy groups -OCH3 is 2. The highest BCUT2D eigenvalue weighted by atomic mass is 16.5. The van der Waals surface area contributed by atoms with Crippen molar-refractivity contribution in [2.75, 3.05) is 14.2 Å². The first-order valence-corrected chi connectivity index (χ1v) is 5.77. The minimum Gasteiger partial charge on any atom is -0.497 e. The maximum absolute atomic E-state index is 12.0. The van der Waals surface area contributed by atoms with Gasteiger partial charge in [-0.05, 0) is 12.1 Å². The van der Waals surface area contributed by atoms with Gasteiger partial charge in [-0.15, -0.1) is 0 Å². The molecule has 0 atom stereocenters. The second-order valence-corrected chi connectivity index (χ2v) is 4.32. The zero-order valence-electron chi connectivity index (χ0n) is 11.1. The molecule has 0 radical (unpaired) electrons. The van der Waals surface area contributed by atoms with Crippen LogP contribution in [0.15, 0.2) is 18.2 Å². The average Bonchev–Trinajstić information content (AvgIpc) is 2.37. The van der Waals surface area contributed by atoms with E-state index in [0.717, 1.165) is 0 Å². The molecule has 0 bridgehead atoms. The van der Waals surface area contributed by atoms with Crippen molar-refractivity contribution in [1.29, 1.82) is 0 Å². The lowest BCUT2D eigenvalue weighted by Crippen LogP contribution is -2.13. The second kappa shape index (κ2) is 6.19. The summed E-state index contributed by atoms with van der Waals surface area (Å²) >= 11 is 0. The van der Waals surface area contributed by atoms with Gasteiger partial charge in [0.2, 0.25) is 0 Å². The van der Waals surface area contributed by atoms with Crippen molar-refractivity contribution in [1.82, 2.24) is 0 Å². The first-order chi connectivity index (χ1) is 8.47. The largest absolute Gasteiger partial charge is 0.497 e. The predicted octanol–water partition coefficient (Wildman–Crippen LogP) is 2.50. The summed E-state index contributed by atoms with van der Waals surface area (Å²) in [6.45, 7) is 3.56. The lowest BCUT2D eigenvalue weighted by molar-refractivity contribution is -0.121. The Bertz CT molecular complexity index is 427. The molecule has 0 aliphatic rings. The smallest absolute Gasteiger partial charge is 0.170 e. The molecule has 0 aromatic heterocycles. The predicted molar refractivity (Wildman–Crippen MR) is 68.3 cm³/mol. The van der Waals surface area contributed by atoms with Crippen LogP contribution >= 0.6 is 0 Å². The van der Waals surface area contributed by atoms with Gasteiger partial charge in [-0.1, -0.05) is 13.8 Å². The quantitative estimate of drug-likeness (QED) is 0.575. The van der Waals surface area contributed by atoms with E-state index in [4.69, 9.17) is 9.47 Å². The highest BCUT2D eigenvalue weighted by Gasteiger charge is 2.16. The molecular formula is C14H18O4. The van der Waals surface area contributed by atoms with Gasteiger partial charge >= 0.3 is 0 Å². The number of ketones is 2. The molecule has 0 fully saturated rings. The van der Waals surface area contributed by atoms with Crippen molar-refractivity contribution in [2.24, 2.45) is 5.92 Å². The maximum atomic E-state index is 12.0. The van der Waals surface area contributed by atoms with E-state index in [1.54, 1.807) is 32.0 Å². The summed E-state index contributed by atoms with van der Waals surface area (Å²) in [6.07, 6.45) is -0.0893. The van der Waals surface area contributed by atoms with E-state index in [1.807, 2.05) is 0 Å². The van der Waals surface area contributed by atoms with Gasteiger partial charge in [0.05, 0.1) is 20.6 Å². The summed E-state index contributed by atoms with van der Waals surface area (Å²) in [4.78, 5) is 23.5. The Hall–Kier alpha value is -1.84. The number of carbonyl (C=O) groups is 2. The van der Waals surface area contributed by atoms with Gasteiger partial charge in [0.15, 0.2) is 5.78 Å². The van der Waals surface area contributed by atoms with Crippen LogP contribution in [0.1, 0.15) is 30.6 Å². The van der Waals surface area contributed by atoms with Crippen molar-refractivity contribution < 1.29 is 19.1 Å². The van der Waals surface area contributed by atoms with Crippen molar-refractivity contribution in [3.05, 3.63) is 23.8 Å². The molecule has 1 rings (SSSR count). The monoisotopic (exact) mass is 250 g/mol. The first kappa shape index (κ1) is 14.2. The Kier molecular flexibility index (Phi) is 4.89. The number of benzene rings is 1. The number of carbonyl (C=O) groups excluding carboxylic acids is 2. The highest BCUT2D eigenvalue weighted by molar-refractivity contribution is 6.08. The third-order valence-electron chi connectivity index (χ3n) is 2.65. The van der Waals surface area contributed by atoms with Gasteiger partial charge in [0, 0.05) is 17.5 Å². The zero-order valence-corrected chi connectivity index (χ0v) is 11.1. The molecule has 0 amide bonds. The Labute approximate surface area is 107 Å². The van der Waals surface area contributed by atoms with Crippen LogP contribution in [0.4, 0.5) is 0 Å². The normalized spacial score (nSPS) is 10.3. The Morgan fingerprint density at radius 3 is 1.94 bits per heavy atom. The van der Waals surface area contributed by atoms with Crippen LogP contribution in [-0.4, -0.2) is 25.8 Å². The average molecular weight is 250 g/mol. The van der Waals surface area contributed by atoms with Crippen LogP contribution in [0.25, 0.3) is 0 Å². The third-order valence-corrected chi connectivity index (χ3v) is 2.65. The lowest BCUT2D eigenvalue weighted by Gasteiger charge is -2.08. The molecule has 0 aliphatic heterocycles. The Morgan fingerprint density at radius 2 is 1.56 bits per heavy atom. The van der Waals surface area contributed by atoms with Crippen molar-refractivity contribution >= 4 is 11.6 Å². The van der Waals surface area contributed by atoms with E-state index in [0.29, 0.717) is 17.1 Å². The number of hydrogen-bond donors (Lipinski definition) is 0. The first-order valence-electron chi connectivity index (χ1n) is 5.77. The van der Waals surface area contributed by atoms with Crippen molar-refractivity contribution in [3.8, 4) is 11.5 Å². The van der Waals surface area contributed by atoms with Crippen molar-refractivity contribution in [2.45, 2.75) is 20.3 Å². The molecule has 0 aliphatic carbocycles. The minimum atomic E-state index is -0.217. The molecule has 18 heavy (non-hydrogen) atoms. The number of Topliss-reactive ketones (excluding diaryl/α,β-unsaturated/α-hetero) is 2. The molecule has 4 heteroatoms. The molecule has 98 valence electrons. The van der Waals surface area contributed by atoms with Gasteiger partial charge in [0.1, 0.15) is 17.3 Å². The van der Waals surface area contributed by atoms with Crippen molar-refractivity contribution in [3.63, 3.8) is 0 Å². The summed E-state index contributed by atoms with van der Waals surface area (Å²) in [5.74, 6) is 0.651. The molecule has 0 N–H and O–H groups in total. The molecule has 4 nitrogen and oxygen atoms in total. The van der Waals surface area contributed by atoms with Crippen LogP contribution in [0, 0.1) is 5.92 Å². The van der Waals surface area contributed by atoms with E-state index >= 15 is 0 Å². The summed E-state index contributed by atoms with van der Waals surface area (Å²) in [5.41, 5.74) is 0.431. The van der Waals surface area contributed by atoms with E-state index < -0.39 is 0 Å². The number of ether oxygens (including phenoxy) is 2. The summed E-state index contributed by atoms with van der Waals surface area (Å²) < 4.78 is 10.2. The van der Waals surface area contributed by atoms with Gasteiger partial charge < -0.3 is 9.47 Å². The van der Waals surface area contributed by atoms with Crippen LogP contribution in [0.5, 0.6) is 11.5 Å². The third kappa shape index (κ3) is 3.58. The van der Waals surface area contributed by atoms with Crippen LogP contribution in [0.3, 0.4) is 0 Å². The van der Waals surface area contributed by atoms with Gasteiger partial charge in [0.25, 0.3) is 0 Å². The minimum absolute atomic E-state index is 0.0678. The molecular weight excluding hydrogens is 232 g/mol. The van der Waals surface area contributed by atoms with Gasteiger partial charge in [-0.3, -0.25) is 9.59 Å². The Balaban J connectivity index is 2.94. The van der Waals surface area contributed by atoms with Gasteiger partial charge in [-0.2, -0.15) is 0 Å². The lowest BCUT2D eigenvalue weighted by atomic mass is 9.99. The maximum Gasteiger partial charge on any atom is 0.170 e. The number of hydrogen-bond acceptors (Lipinski definition) is 4. The van der Waals surface area contributed by atoms with E-state index in [9.17, 15) is 9.59 Å². The Morgan fingerprint density at radius 1 is 1.06 bits per heavy atom. The standard InChI is InChI=1S/C14H18O4/c1-9(2)13(15)8-14(16)10-5-11(17-3)7-12(6-10)18-4/h5-7,9H,8H2,1-4H3. The molecule has 1 aromatic carbocycles. The summed E-state index contributed by atoms with van der Waals surface area (Å²) in [5, 5.41) is 0.